The van der Waals surface area contributed by atoms with Gasteiger partial charge in [0.2, 0.25) is 0 Å². The van der Waals surface area contributed by atoms with E-state index in [2.05, 4.69) is 10.3 Å². The molecule has 0 saturated heterocycles. The Morgan fingerprint density at radius 2 is 1.71 bits per heavy atom. The molecule has 0 atom stereocenters. The third kappa shape index (κ3) is 2.57. The molecular weight excluding hydrogens is 270 g/mol. The van der Waals surface area contributed by atoms with Gasteiger partial charge in [0.05, 0.1) is 16.8 Å². The largest absolute Gasteiger partial charge is 0.399 e. The van der Waals surface area contributed by atoms with Gasteiger partial charge in [0.1, 0.15) is 5.69 Å². The minimum atomic E-state index is -0.436. The van der Waals surface area contributed by atoms with Crippen LogP contribution in [0.5, 0.6) is 0 Å². The lowest BCUT2D eigenvalue weighted by molar-refractivity contribution is -0.384. The number of nitro benzene ring substituents is 1. The zero-order chi connectivity index (χ0) is 14.8. The van der Waals surface area contributed by atoms with Crippen LogP contribution in [0.1, 0.15) is 0 Å². The fraction of sp³-hybridized carbons (Fsp3) is 0. The first kappa shape index (κ1) is 12.8. The SMILES string of the molecule is Nc1ccc(-n2cc(-c3ccc([N+](=O)[O-])cc3)nn2)cc1. The molecule has 0 amide bonds. The Bertz CT molecular complexity index is 778. The maximum absolute atomic E-state index is 10.6. The van der Waals surface area contributed by atoms with Crippen LogP contribution in [0.15, 0.2) is 54.7 Å². The highest BCUT2D eigenvalue weighted by molar-refractivity contribution is 5.60. The van der Waals surface area contributed by atoms with E-state index in [4.69, 9.17) is 5.73 Å². The summed E-state index contributed by atoms with van der Waals surface area (Å²) in [5.74, 6) is 0. The average Bonchev–Trinajstić information content (AvgIpc) is 2.98. The van der Waals surface area contributed by atoms with Gasteiger partial charge in [0, 0.05) is 23.4 Å². The number of nitro groups is 1. The highest BCUT2D eigenvalue weighted by atomic mass is 16.6. The quantitative estimate of drug-likeness (QED) is 0.451. The van der Waals surface area contributed by atoms with Crippen molar-refractivity contribution in [3.05, 3.63) is 64.8 Å². The molecule has 0 saturated carbocycles. The second-order valence-corrected chi connectivity index (χ2v) is 4.44. The summed E-state index contributed by atoms with van der Waals surface area (Å²) in [6.45, 7) is 0. The van der Waals surface area contributed by atoms with Crippen LogP contribution >= 0.6 is 0 Å². The van der Waals surface area contributed by atoms with Crippen molar-refractivity contribution < 1.29 is 4.92 Å². The fourth-order valence-corrected chi connectivity index (χ4v) is 1.90. The van der Waals surface area contributed by atoms with Gasteiger partial charge in [-0.3, -0.25) is 10.1 Å². The summed E-state index contributed by atoms with van der Waals surface area (Å²) in [6.07, 6.45) is 1.76. The molecule has 3 rings (SSSR count). The first-order valence-electron chi connectivity index (χ1n) is 6.16. The molecule has 0 spiro atoms. The number of hydrogen-bond donors (Lipinski definition) is 1. The number of non-ortho nitro benzene ring substituents is 1. The van der Waals surface area contributed by atoms with Crippen molar-refractivity contribution in [1.82, 2.24) is 15.0 Å². The van der Waals surface area contributed by atoms with Crippen molar-refractivity contribution in [3.8, 4) is 16.9 Å². The lowest BCUT2D eigenvalue weighted by Crippen LogP contribution is -1.95. The summed E-state index contributed by atoms with van der Waals surface area (Å²) in [5.41, 5.74) is 8.61. The number of rotatable bonds is 3. The first-order chi connectivity index (χ1) is 10.1. The van der Waals surface area contributed by atoms with E-state index in [1.54, 1.807) is 35.1 Å². The Morgan fingerprint density at radius 3 is 2.33 bits per heavy atom. The molecule has 0 aliphatic carbocycles. The molecule has 0 radical (unpaired) electrons. The molecule has 0 fully saturated rings. The van der Waals surface area contributed by atoms with Crippen molar-refractivity contribution in [3.63, 3.8) is 0 Å². The molecular formula is C14H11N5O2. The van der Waals surface area contributed by atoms with Crippen molar-refractivity contribution in [2.45, 2.75) is 0 Å². The van der Waals surface area contributed by atoms with Crippen LogP contribution in [0.25, 0.3) is 16.9 Å². The van der Waals surface area contributed by atoms with E-state index in [1.807, 2.05) is 12.1 Å². The molecule has 0 bridgehead atoms. The summed E-state index contributed by atoms with van der Waals surface area (Å²) in [4.78, 5) is 10.2. The molecule has 0 unspecified atom stereocenters. The number of nitrogens with zero attached hydrogens (tertiary/aromatic N) is 4. The van der Waals surface area contributed by atoms with E-state index < -0.39 is 4.92 Å². The predicted octanol–water partition coefficient (Wildman–Crippen LogP) is 2.42. The summed E-state index contributed by atoms with van der Waals surface area (Å²) >= 11 is 0. The Labute approximate surface area is 119 Å². The van der Waals surface area contributed by atoms with Gasteiger partial charge in [-0.2, -0.15) is 0 Å². The van der Waals surface area contributed by atoms with Crippen molar-refractivity contribution in [2.24, 2.45) is 0 Å². The number of benzene rings is 2. The molecule has 3 aromatic rings. The van der Waals surface area contributed by atoms with Gasteiger partial charge in [-0.15, -0.1) is 5.10 Å². The van der Waals surface area contributed by atoms with Crippen LogP contribution in [0.2, 0.25) is 0 Å². The molecule has 1 aromatic heterocycles. The lowest BCUT2D eigenvalue weighted by atomic mass is 10.1. The highest BCUT2D eigenvalue weighted by Gasteiger charge is 2.08. The van der Waals surface area contributed by atoms with Crippen molar-refractivity contribution >= 4 is 11.4 Å². The van der Waals surface area contributed by atoms with E-state index in [9.17, 15) is 10.1 Å². The first-order valence-corrected chi connectivity index (χ1v) is 6.16. The van der Waals surface area contributed by atoms with Gasteiger partial charge >= 0.3 is 0 Å². The molecule has 2 N–H and O–H groups in total. The summed E-state index contributed by atoms with van der Waals surface area (Å²) < 4.78 is 1.62. The second kappa shape index (κ2) is 5.04. The Kier molecular flexibility index (Phi) is 3.07. The van der Waals surface area contributed by atoms with Crippen LogP contribution in [-0.4, -0.2) is 19.9 Å². The van der Waals surface area contributed by atoms with Gasteiger partial charge in [0.15, 0.2) is 0 Å². The van der Waals surface area contributed by atoms with Gasteiger partial charge in [0.25, 0.3) is 5.69 Å². The van der Waals surface area contributed by atoms with Crippen molar-refractivity contribution in [2.75, 3.05) is 5.73 Å². The van der Waals surface area contributed by atoms with E-state index in [1.165, 1.54) is 12.1 Å². The molecule has 2 aromatic carbocycles. The summed E-state index contributed by atoms with van der Waals surface area (Å²) in [5, 5.41) is 18.7. The number of anilines is 1. The van der Waals surface area contributed by atoms with Crippen LogP contribution in [0, 0.1) is 10.1 Å². The molecule has 7 heteroatoms. The average molecular weight is 281 g/mol. The number of aromatic nitrogens is 3. The molecule has 0 aliphatic rings. The molecule has 7 nitrogen and oxygen atoms in total. The number of nitrogens with two attached hydrogens (primary N) is 1. The fourth-order valence-electron chi connectivity index (χ4n) is 1.90. The Balaban J connectivity index is 1.90. The maximum atomic E-state index is 10.6. The van der Waals surface area contributed by atoms with Crippen LogP contribution in [-0.2, 0) is 0 Å². The Morgan fingerprint density at radius 1 is 1.05 bits per heavy atom. The predicted molar refractivity (Wildman–Crippen MR) is 77.9 cm³/mol. The molecule has 21 heavy (non-hydrogen) atoms. The summed E-state index contributed by atoms with van der Waals surface area (Å²) in [6, 6.07) is 13.4. The van der Waals surface area contributed by atoms with E-state index in [-0.39, 0.29) is 5.69 Å². The molecule has 104 valence electrons. The smallest absolute Gasteiger partial charge is 0.269 e. The van der Waals surface area contributed by atoms with Crippen LogP contribution < -0.4 is 5.73 Å². The zero-order valence-electron chi connectivity index (χ0n) is 10.9. The van der Waals surface area contributed by atoms with Gasteiger partial charge in [-0.25, -0.2) is 4.68 Å². The summed E-state index contributed by atoms with van der Waals surface area (Å²) in [7, 11) is 0. The maximum Gasteiger partial charge on any atom is 0.269 e. The minimum Gasteiger partial charge on any atom is -0.399 e. The van der Waals surface area contributed by atoms with E-state index in [0.717, 1.165) is 11.3 Å². The second-order valence-electron chi connectivity index (χ2n) is 4.44. The van der Waals surface area contributed by atoms with Gasteiger partial charge in [-0.05, 0) is 36.4 Å². The van der Waals surface area contributed by atoms with Crippen LogP contribution in [0.3, 0.4) is 0 Å². The monoisotopic (exact) mass is 281 g/mol. The van der Waals surface area contributed by atoms with Crippen molar-refractivity contribution in [1.29, 1.82) is 0 Å². The third-order valence-corrected chi connectivity index (χ3v) is 3.02. The number of hydrogen-bond acceptors (Lipinski definition) is 5. The van der Waals surface area contributed by atoms with Gasteiger partial charge in [-0.1, -0.05) is 5.21 Å². The normalized spacial score (nSPS) is 10.5. The minimum absolute atomic E-state index is 0.0460. The zero-order valence-corrected chi connectivity index (χ0v) is 10.9. The van der Waals surface area contributed by atoms with Crippen LogP contribution in [0.4, 0.5) is 11.4 Å². The Hall–Kier alpha value is -3.22. The highest BCUT2D eigenvalue weighted by Crippen LogP contribution is 2.21. The topological polar surface area (TPSA) is 99.9 Å². The molecule has 0 aliphatic heterocycles. The lowest BCUT2D eigenvalue weighted by Gasteiger charge is -1.99. The molecule has 1 heterocycles. The third-order valence-electron chi connectivity index (χ3n) is 3.02. The van der Waals surface area contributed by atoms with Gasteiger partial charge < -0.3 is 5.73 Å². The number of nitrogen functional groups attached to an aromatic ring is 1. The standard InChI is InChI=1S/C14H11N5O2/c15-11-3-7-12(8-4-11)18-9-14(16-17-18)10-1-5-13(6-2-10)19(20)21/h1-9H,15H2. The van der Waals surface area contributed by atoms with E-state index >= 15 is 0 Å². The van der Waals surface area contributed by atoms with E-state index in [0.29, 0.717) is 11.4 Å².